The first-order valence-electron chi connectivity index (χ1n) is 17.5. The van der Waals surface area contributed by atoms with Crippen molar-refractivity contribution in [1.82, 2.24) is 19.1 Å². The van der Waals surface area contributed by atoms with E-state index in [4.69, 9.17) is 11.0 Å². The van der Waals surface area contributed by atoms with Crippen LogP contribution in [0.5, 0.6) is 0 Å². The topological polar surface area (TPSA) is 53.1 Å². The van der Waals surface area contributed by atoms with E-state index in [0.717, 1.165) is 44.3 Å². The third kappa shape index (κ3) is 4.38. The van der Waals surface area contributed by atoms with Crippen LogP contribution in [0.4, 0.5) is 5.95 Å². The largest absolute Gasteiger partial charge is 0.426 e. The van der Waals surface area contributed by atoms with Crippen molar-refractivity contribution >= 4 is 71.6 Å². The van der Waals surface area contributed by atoms with Crippen LogP contribution in [-0.4, -0.2) is 19.1 Å². The molecule has 0 radical (unpaired) electrons. The summed E-state index contributed by atoms with van der Waals surface area (Å²) in [7, 11) is 0. The standard InChI is InChI=1S/C47H27N5O/c1-48-47-49-45(29-12-4-2-5-13-29)44-38-28-33(22-25-43(38)53-46(44)50-47)52-40-19-11-9-17-35(40)37-27-31(21-24-42(37)52)30-20-23-41-36(26-30)34-16-8-10-18-39(34)51(41)32-14-6-3-7-15-32/h2-28H. The van der Waals surface area contributed by atoms with Crippen LogP contribution in [0.15, 0.2) is 168 Å². The smallest absolute Gasteiger partial charge is 0.375 e. The summed E-state index contributed by atoms with van der Waals surface area (Å²) in [5, 5.41) is 6.52. The van der Waals surface area contributed by atoms with Crippen LogP contribution in [0.3, 0.4) is 0 Å². The van der Waals surface area contributed by atoms with E-state index in [1.165, 1.54) is 38.1 Å². The number of nitrogens with zero attached hydrogens (tertiary/aromatic N) is 5. The maximum Gasteiger partial charge on any atom is 0.375 e. The number of aromatic nitrogens is 4. The number of furan rings is 1. The van der Waals surface area contributed by atoms with Gasteiger partial charge in [0.2, 0.25) is 0 Å². The van der Waals surface area contributed by atoms with Crippen LogP contribution in [0, 0.1) is 6.57 Å². The summed E-state index contributed by atoms with van der Waals surface area (Å²) < 4.78 is 10.9. The van der Waals surface area contributed by atoms with Gasteiger partial charge in [-0.05, 0) is 77.9 Å². The zero-order valence-corrected chi connectivity index (χ0v) is 28.2. The van der Waals surface area contributed by atoms with Gasteiger partial charge in [0.05, 0.1) is 22.1 Å². The molecule has 0 N–H and O–H groups in total. The monoisotopic (exact) mass is 677 g/mol. The van der Waals surface area contributed by atoms with Crippen molar-refractivity contribution in [3.63, 3.8) is 0 Å². The van der Waals surface area contributed by atoms with Gasteiger partial charge in [-0.15, -0.1) is 16.5 Å². The summed E-state index contributed by atoms with van der Waals surface area (Å²) in [6.45, 7) is 7.62. The molecule has 0 fully saturated rings. The molecule has 6 heteroatoms. The molecule has 0 saturated heterocycles. The minimum Gasteiger partial charge on any atom is -0.426 e. The summed E-state index contributed by atoms with van der Waals surface area (Å²) in [6.07, 6.45) is 0. The van der Waals surface area contributed by atoms with E-state index in [1.807, 2.05) is 36.4 Å². The average molecular weight is 678 g/mol. The SMILES string of the molecule is [C-]#[N+]c1nc(-c2ccccc2)c2c(n1)oc1ccc(-n3c4ccccc4c4cc(-c5ccc6c(c5)c5ccccc5n6-c5ccccc5)ccc43)cc12. The van der Waals surface area contributed by atoms with E-state index in [-0.39, 0.29) is 5.95 Å². The number of hydrogen-bond donors (Lipinski definition) is 0. The lowest BCUT2D eigenvalue weighted by Crippen LogP contribution is -1.94. The lowest BCUT2D eigenvalue weighted by atomic mass is 10.0. The first-order valence-corrected chi connectivity index (χ1v) is 17.5. The van der Waals surface area contributed by atoms with Crippen molar-refractivity contribution < 1.29 is 4.42 Å². The van der Waals surface area contributed by atoms with Gasteiger partial charge in [0, 0.05) is 43.9 Å². The fourth-order valence-electron chi connectivity index (χ4n) is 8.08. The van der Waals surface area contributed by atoms with Crippen molar-refractivity contribution in [3.8, 4) is 33.8 Å². The minimum absolute atomic E-state index is 0.0648. The van der Waals surface area contributed by atoms with Gasteiger partial charge in [0.15, 0.2) is 0 Å². The zero-order chi connectivity index (χ0) is 35.0. The van der Waals surface area contributed by atoms with Crippen LogP contribution in [0.1, 0.15) is 0 Å². The Labute approximate surface area is 303 Å². The predicted octanol–water partition coefficient (Wildman–Crippen LogP) is 12.5. The van der Waals surface area contributed by atoms with Crippen LogP contribution in [0.25, 0.3) is 104 Å². The Hall–Kier alpha value is -7.49. The molecule has 0 saturated carbocycles. The van der Waals surface area contributed by atoms with Gasteiger partial charge < -0.3 is 18.4 Å². The van der Waals surface area contributed by atoms with Crippen LogP contribution >= 0.6 is 0 Å². The first-order chi connectivity index (χ1) is 26.2. The van der Waals surface area contributed by atoms with Crippen molar-refractivity contribution in [1.29, 1.82) is 0 Å². The molecule has 7 aromatic carbocycles. The lowest BCUT2D eigenvalue weighted by molar-refractivity contribution is 0.654. The maximum atomic E-state index is 7.62. The molecule has 0 spiro atoms. The molecule has 6 nitrogen and oxygen atoms in total. The molecule has 4 aromatic heterocycles. The Morgan fingerprint density at radius 1 is 0.453 bits per heavy atom. The van der Waals surface area contributed by atoms with Crippen LogP contribution in [-0.2, 0) is 0 Å². The molecule has 0 bridgehead atoms. The molecule has 4 heterocycles. The molecule has 246 valence electrons. The highest BCUT2D eigenvalue weighted by molar-refractivity contribution is 6.14. The highest BCUT2D eigenvalue weighted by Crippen LogP contribution is 2.41. The van der Waals surface area contributed by atoms with E-state index in [0.29, 0.717) is 17.0 Å². The highest BCUT2D eigenvalue weighted by Gasteiger charge is 2.22. The van der Waals surface area contributed by atoms with Gasteiger partial charge in [-0.2, -0.15) is 0 Å². The molecule has 11 aromatic rings. The second kappa shape index (κ2) is 11.3. The normalized spacial score (nSPS) is 11.8. The van der Waals surface area contributed by atoms with E-state index in [1.54, 1.807) is 0 Å². The average Bonchev–Trinajstić information content (AvgIpc) is 3.88. The lowest BCUT2D eigenvalue weighted by Gasteiger charge is -2.09. The minimum atomic E-state index is 0.0648. The van der Waals surface area contributed by atoms with Crippen molar-refractivity contribution in [2.45, 2.75) is 0 Å². The highest BCUT2D eigenvalue weighted by atomic mass is 16.3. The Morgan fingerprint density at radius 3 is 1.66 bits per heavy atom. The molecule has 0 aliphatic carbocycles. The molecule has 0 atom stereocenters. The van der Waals surface area contributed by atoms with Gasteiger partial charge in [-0.25, -0.2) is 0 Å². The Balaban J connectivity index is 1.10. The van der Waals surface area contributed by atoms with Gasteiger partial charge in [0.25, 0.3) is 5.71 Å². The van der Waals surface area contributed by atoms with Gasteiger partial charge in [0.1, 0.15) is 16.7 Å². The van der Waals surface area contributed by atoms with Crippen LogP contribution in [0.2, 0.25) is 0 Å². The summed E-state index contributed by atoms with van der Waals surface area (Å²) in [5.74, 6) is 0.0648. The van der Waals surface area contributed by atoms with E-state index < -0.39 is 0 Å². The van der Waals surface area contributed by atoms with Gasteiger partial charge in [-0.1, -0.05) is 97.1 Å². The maximum absolute atomic E-state index is 7.62. The predicted molar refractivity (Wildman–Crippen MR) is 215 cm³/mol. The van der Waals surface area contributed by atoms with Crippen LogP contribution < -0.4 is 0 Å². The fourth-order valence-corrected chi connectivity index (χ4v) is 8.08. The molecule has 11 rings (SSSR count). The number of fused-ring (bicyclic) bond motifs is 9. The van der Waals surface area contributed by atoms with E-state index >= 15 is 0 Å². The number of hydrogen-bond acceptors (Lipinski definition) is 3. The number of para-hydroxylation sites is 3. The summed E-state index contributed by atoms with van der Waals surface area (Å²) in [5.41, 5.74) is 11.8. The van der Waals surface area contributed by atoms with Crippen molar-refractivity contribution in [2.75, 3.05) is 0 Å². The first kappa shape index (κ1) is 29.3. The number of benzene rings is 7. The van der Waals surface area contributed by atoms with Crippen molar-refractivity contribution in [3.05, 3.63) is 175 Å². The van der Waals surface area contributed by atoms with Crippen molar-refractivity contribution in [2.24, 2.45) is 0 Å². The quantitative estimate of drug-likeness (QED) is 0.174. The molecular weight excluding hydrogens is 651 g/mol. The molecule has 0 amide bonds. The fraction of sp³-hybridized carbons (Fsp3) is 0. The van der Waals surface area contributed by atoms with Gasteiger partial charge in [-0.3, -0.25) is 0 Å². The second-order valence-electron chi connectivity index (χ2n) is 13.3. The third-order valence-electron chi connectivity index (χ3n) is 10.4. The van der Waals surface area contributed by atoms with E-state index in [9.17, 15) is 0 Å². The van der Waals surface area contributed by atoms with Gasteiger partial charge >= 0.3 is 5.95 Å². The third-order valence-corrected chi connectivity index (χ3v) is 10.4. The molecule has 0 unspecified atom stereocenters. The molecular formula is C47H27N5O. The summed E-state index contributed by atoms with van der Waals surface area (Å²) in [4.78, 5) is 12.7. The number of rotatable bonds is 4. The molecule has 0 aliphatic heterocycles. The summed E-state index contributed by atoms with van der Waals surface area (Å²) in [6, 6.07) is 57.6. The molecule has 0 aliphatic rings. The zero-order valence-electron chi connectivity index (χ0n) is 28.2. The van der Waals surface area contributed by atoms with E-state index in [2.05, 4.69) is 151 Å². The molecule has 53 heavy (non-hydrogen) atoms. The summed E-state index contributed by atoms with van der Waals surface area (Å²) >= 11 is 0. The second-order valence-corrected chi connectivity index (χ2v) is 13.3. The Morgan fingerprint density at radius 2 is 1.02 bits per heavy atom. The Bertz CT molecular complexity index is 3290. The Kier molecular flexibility index (Phi) is 6.22.